The van der Waals surface area contributed by atoms with Crippen molar-refractivity contribution in [1.82, 2.24) is 24.9 Å². The second-order valence-corrected chi connectivity index (χ2v) is 18.7. The minimum atomic E-state index is -0.997. The van der Waals surface area contributed by atoms with Crippen molar-refractivity contribution in [2.24, 2.45) is 10.8 Å². The van der Waals surface area contributed by atoms with Crippen LogP contribution in [0.3, 0.4) is 0 Å². The number of amides is 6. The number of fused-ring (bicyclic) bond motifs is 2. The van der Waals surface area contributed by atoms with Crippen LogP contribution in [0.4, 0.5) is 11.4 Å². The first kappa shape index (κ1) is 40.6. The van der Waals surface area contributed by atoms with Gasteiger partial charge < -0.3 is 19.4 Å². The van der Waals surface area contributed by atoms with Gasteiger partial charge in [0.05, 0.1) is 22.7 Å². The van der Waals surface area contributed by atoms with Crippen LogP contribution >= 0.6 is 11.6 Å². The minimum Gasteiger partial charge on any atom is -0.489 e. The molecule has 1 unspecified atom stereocenters. The van der Waals surface area contributed by atoms with Gasteiger partial charge >= 0.3 is 0 Å². The van der Waals surface area contributed by atoms with Crippen molar-refractivity contribution in [3.05, 3.63) is 98.9 Å². The third kappa shape index (κ3) is 6.73. The molecule has 4 fully saturated rings. The lowest BCUT2D eigenvalue weighted by atomic mass is 9.49. The fraction of sp³-hybridized carbons (Fsp3) is 0.457. The Balaban J connectivity index is 0.782. The number of imide groups is 2. The normalized spacial score (nSPS) is 24.9. The SMILES string of the molecule is [C-]#[N+]c1ccc(OC2C(C)(C)C(N3Cc4cc(C(=O)N5CCN(C6CCN(c7ccc8c(c7)C(=O)N(C7CCC(=O)NC7=O)C8=O)CC6)CC5)ccc4C3=O)C2(C)C)cc1Cl. The Kier molecular flexibility index (Phi) is 9.98. The number of ether oxygens (including phenoxy) is 1. The van der Waals surface area contributed by atoms with Gasteiger partial charge in [0.2, 0.25) is 17.5 Å². The molecule has 6 aliphatic rings. The highest BCUT2D eigenvalue weighted by Crippen LogP contribution is 2.59. The summed E-state index contributed by atoms with van der Waals surface area (Å²) in [6.07, 6.45) is 1.78. The molecule has 0 bridgehead atoms. The Labute approximate surface area is 359 Å². The highest BCUT2D eigenvalue weighted by Gasteiger charge is 2.67. The molecule has 5 aliphatic heterocycles. The van der Waals surface area contributed by atoms with Gasteiger partial charge in [-0.25, -0.2) is 4.85 Å². The molecule has 3 saturated heterocycles. The van der Waals surface area contributed by atoms with E-state index in [0.29, 0.717) is 53.3 Å². The largest absolute Gasteiger partial charge is 0.489 e. The van der Waals surface area contributed by atoms with Crippen LogP contribution < -0.4 is 15.0 Å². The number of carbonyl (C=O) groups is 6. The van der Waals surface area contributed by atoms with Crippen molar-refractivity contribution >= 4 is 58.4 Å². The van der Waals surface area contributed by atoms with Gasteiger partial charge in [0.15, 0.2) is 0 Å². The lowest BCUT2D eigenvalue weighted by Gasteiger charge is -2.65. The zero-order valence-corrected chi connectivity index (χ0v) is 35.5. The highest BCUT2D eigenvalue weighted by atomic mass is 35.5. The minimum absolute atomic E-state index is 0.0374. The van der Waals surface area contributed by atoms with E-state index in [-0.39, 0.29) is 47.9 Å². The van der Waals surface area contributed by atoms with Crippen molar-refractivity contribution in [2.75, 3.05) is 44.2 Å². The molecule has 15 heteroatoms. The number of halogens is 1. The van der Waals surface area contributed by atoms with E-state index in [1.54, 1.807) is 42.5 Å². The molecule has 3 aromatic rings. The molecule has 0 radical (unpaired) electrons. The van der Waals surface area contributed by atoms with Crippen molar-refractivity contribution in [3.63, 3.8) is 0 Å². The fourth-order valence-corrected chi connectivity index (χ4v) is 11.5. The first-order chi connectivity index (χ1) is 29.1. The second kappa shape index (κ2) is 15.0. The first-order valence-corrected chi connectivity index (χ1v) is 21.4. The van der Waals surface area contributed by atoms with Crippen molar-refractivity contribution in [3.8, 4) is 5.75 Å². The number of piperidine rings is 2. The quantitative estimate of drug-likeness (QED) is 0.239. The lowest BCUT2D eigenvalue weighted by molar-refractivity contribution is -0.199. The zero-order valence-electron chi connectivity index (χ0n) is 34.7. The molecule has 61 heavy (non-hydrogen) atoms. The van der Waals surface area contributed by atoms with Crippen LogP contribution in [-0.4, -0.2) is 119 Å². The Morgan fingerprint density at radius 3 is 2.16 bits per heavy atom. The molecular weight excluding hydrogens is 798 g/mol. The van der Waals surface area contributed by atoms with Crippen molar-refractivity contribution < 1.29 is 33.5 Å². The number of nitrogens with zero attached hydrogens (tertiary/aromatic N) is 6. The molecule has 1 aliphatic carbocycles. The fourth-order valence-electron chi connectivity index (χ4n) is 11.3. The van der Waals surface area contributed by atoms with Gasteiger partial charge in [-0.1, -0.05) is 45.4 Å². The van der Waals surface area contributed by atoms with Crippen LogP contribution in [0.1, 0.15) is 100 Å². The summed E-state index contributed by atoms with van der Waals surface area (Å²) in [7, 11) is 0. The molecule has 6 amide bonds. The lowest BCUT2D eigenvalue weighted by Crippen LogP contribution is -2.74. The molecule has 1 saturated carbocycles. The first-order valence-electron chi connectivity index (χ1n) is 21.0. The Morgan fingerprint density at radius 2 is 1.49 bits per heavy atom. The van der Waals surface area contributed by atoms with E-state index in [9.17, 15) is 28.8 Å². The van der Waals surface area contributed by atoms with Gasteiger partial charge in [-0.3, -0.25) is 43.9 Å². The van der Waals surface area contributed by atoms with E-state index in [2.05, 4.69) is 47.7 Å². The number of anilines is 1. The average molecular weight is 846 g/mol. The summed E-state index contributed by atoms with van der Waals surface area (Å²) in [5, 5.41) is 2.58. The molecule has 14 nitrogen and oxygen atoms in total. The molecule has 0 aromatic heterocycles. The number of hydrogen-bond acceptors (Lipinski definition) is 9. The molecule has 0 spiro atoms. The zero-order chi connectivity index (χ0) is 43.1. The maximum absolute atomic E-state index is 13.9. The van der Waals surface area contributed by atoms with Crippen LogP contribution in [0.25, 0.3) is 4.85 Å². The van der Waals surface area contributed by atoms with Crippen LogP contribution in [-0.2, 0) is 16.1 Å². The summed E-state index contributed by atoms with van der Waals surface area (Å²) in [5.74, 6) is -1.55. The number of carbonyl (C=O) groups excluding carboxylic acids is 6. The third-order valence-electron chi connectivity index (χ3n) is 13.9. The van der Waals surface area contributed by atoms with Gasteiger partial charge in [-0.15, -0.1) is 0 Å². The molecule has 1 atom stereocenters. The number of nitrogens with one attached hydrogen (secondary N) is 1. The highest BCUT2D eigenvalue weighted by molar-refractivity contribution is 6.33. The van der Waals surface area contributed by atoms with Gasteiger partial charge in [-0.05, 0) is 73.4 Å². The van der Waals surface area contributed by atoms with Gasteiger partial charge in [0.25, 0.3) is 23.6 Å². The number of hydrogen-bond donors (Lipinski definition) is 1. The summed E-state index contributed by atoms with van der Waals surface area (Å²) in [4.78, 5) is 91.4. The Morgan fingerprint density at radius 1 is 0.803 bits per heavy atom. The van der Waals surface area contributed by atoms with E-state index in [0.717, 1.165) is 55.2 Å². The van der Waals surface area contributed by atoms with Crippen molar-refractivity contribution in [1.29, 1.82) is 0 Å². The number of benzene rings is 3. The molecular formula is C46H48ClN7O7. The Hall–Kier alpha value is -5.78. The monoisotopic (exact) mass is 845 g/mol. The predicted molar refractivity (Wildman–Crippen MR) is 226 cm³/mol. The molecule has 3 aromatic carbocycles. The van der Waals surface area contributed by atoms with Crippen LogP contribution in [0, 0.1) is 17.4 Å². The van der Waals surface area contributed by atoms with E-state index in [1.165, 1.54) is 0 Å². The summed E-state index contributed by atoms with van der Waals surface area (Å²) in [5.41, 5.74) is 3.04. The Bertz CT molecular complexity index is 2430. The maximum atomic E-state index is 13.9. The van der Waals surface area contributed by atoms with E-state index < -0.39 is 40.5 Å². The summed E-state index contributed by atoms with van der Waals surface area (Å²) < 4.78 is 6.48. The topological polar surface area (TPSA) is 144 Å². The van der Waals surface area contributed by atoms with Gasteiger partial charge in [0, 0.05) is 92.0 Å². The standard InChI is InChI=1S/C46H48ClN7O7/c1-45(2)43(46(3,4)44(45)61-30-8-11-35(48-5)34(47)24-30)53-25-27-22-26(6-9-31(27)40(53)58)39(57)52-20-18-51(19-21-52)28-14-16-50(17-15-28)29-7-10-32-33(23-29)42(60)54(41(32)59)36-12-13-37(55)49-38(36)56/h6-11,22-24,28,36,43-44H,12-21,25H2,1-4H3,(H,49,55,56). The maximum Gasteiger partial charge on any atom is 0.262 e. The second-order valence-electron chi connectivity index (χ2n) is 18.3. The summed E-state index contributed by atoms with van der Waals surface area (Å²) in [6, 6.07) is 15.0. The molecule has 5 heterocycles. The van der Waals surface area contributed by atoms with E-state index in [4.69, 9.17) is 22.9 Å². The number of rotatable bonds is 7. The summed E-state index contributed by atoms with van der Waals surface area (Å²) >= 11 is 6.30. The summed E-state index contributed by atoms with van der Waals surface area (Å²) in [6.45, 7) is 20.4. The van der Waals surface area contributed by atoms with Crippen LogP contribution in [0.2, 0.25) is 5.02 Å². The van der Waals surface area contributed by atoms with Crippen molar-refractivity contribution in [2.45, 2.75) is 84.2 Å². The number of piperazine rings is 1. The van der Waals surface area contributed by atoms with Crippen LogP contribution in [0.5, 0.6) is 5.75 Å². The van der Waals surface area contributed by atoms with Crippen LogP contribution in [0.15, 0.2) is 54.6 Å². The third-order valence-corrected chi connectivity index (χ3v) is 14.2. The van der Waals surface area contributed by atoms with E-state index >= 15 is 0 Å². The van der Waals surface area contributed by atoms with E-state index in [1.807, 2.05) is 21.9 Å². The van der Waals surface area contributed by atoms with Gasteiger partial charge in [-0.2, -0.15) is 0 Å². The molecule has 316 valence electrons. The van der Waals surface area contributed by atoms with Gasteiger partial charge in [0.1, 0.15) is 17.9 Å². The molecule has 1 N–H and O–H groups in total. The average Bonchev–Trinajstić information content (AvgIpc) is 3.69. The molecule has 9 rings (SSSR count). The smallest absolute Gasteiger partial charge is 0.262 e. The predicted octanol–water partition coefficient (Wildman–Crippen LogP) is 5.56.